The Bertz CT molecular complexity index is 422. The lowest BCUT2D eigenvalue weighted by molar-refractivity contribution is 0.0999. The monoisotopic (exact) mass is 246 g/mol. The maximum Gasteiger partial charge on any atom is 0.249 e. The van der Waals surface area contributed by atoms with Gasteiger partial charge in [-0.15, -0.1) is 0 Å². The highest BCUT2D eigenvalue weighted by atomic mass is 16.1. The van der Waals surface area contributed by atoms with Gasteiger partial charge in [0.2, 0.25) is 5.91 Å². The first-order valence-electron chi connectivity index (χ1n) is 6.73. The number of nitrogens with two attached hydrogens (primary N) is 1. The van der Waals surface area contributed by atoms with Crippen molar-refractivity contribution >= 4 is 5.91 Å². The molecule has 1 aromatic rings. The number of carbonyl (C=O) groups excluding carboxylic acids is 1. The van der Waals surface area contributed by atoms with Gasteiger partial charge in [0.15, 0.2) is 0 Å². The van der Waals surface area contributed by atoms with Crippen LogP contribution in [0.4, 0.5) is 0 Å². The van der Waals surface area contributed by atoms with Gasteiger partial charge in [-0.25, -0.2) is 0 Å². The van der Waals surface area contributed by atoms with Crippen molar-refractivity contribution in [2.45, 2.75) is 51.1 Å². The van der Waals surface area contributed by atoms with Crippen LogP contribution in [0, 0.1) is 0 Å². The quantitative estimate of drug-likeness (QED) is 0.858. The van der Waals surface area contributed by atoms with Crippen molar-refractivity contribution in [1.29, 1.82) is 0 Å². The summed E-state index contributed by atoms with van der Waals surface area (Å²) in [7, 11) is 0. The number of carbonyl (C=O) groups is 1. The van der Waals surface area contributed by atoms with Crippen LogP contribution in [-0.2, 0) is 6.54 Å². The fourth-order valence-corrected chi connectivity index (χ4v) is 2.73. The van der Waals surface area contributed by atoms with Gasteiger partial charge in [0.1, 0.15) is 0 Å². The van der Waals surface area contributed by atoms with Crippen LogP contribution < -0.4 is 11.1 Å². The maximum atomic E-state index is 11.3. The van der Waals surface area contributed by atoms with E-state index in [9.17, 15) is 4.79 Å². The van der Waals surface area contributed by atoms with E-state index in [2.05, 4.69) is 12.2 Å². The Labute approximate surface area is 109 Å². The van der Waals surface area contributed by atoms with Gasteiger partial charge in [-0.2, -0.15) is 0 Å². The van der Waals surface area contributed by atoms with E-state index in [1.54, 1.807) is 6.07 Å². The minimum absolute atomic E-state index is 0.211. The van der Waals surface area contributed by atoms with E-state index in [1.165, 1.54) is 32.1 Å². The summed E-state index contributed by atoms with van der Waals surface area (Å²) in [6.45, 7) is 2.99. The molecule has 1 amide bonds. The molecule has 1 aliphatic rings. The Hall–Kier alpha value is -1.35. The lowest BCUT2D eigenvalue weighted by atomic mass is 9.83. The molecule has 0 spiro atoms. The number of hydrogen-bond acceptors (Lipinski definition) is 2. The molecule has 3 N–H and O–H groups in total. The van der Waals surface area contributed by atoms with E-state index in [4.69, 9.17) is 5.73 Å². The van der Waals surface area contributed by atoms with Crippen LogP contribution in [0.2, 0.25) is 0 Å². The molecule has 0 aromatic heterocycles. The average Bonchev–Trinajstić information content (AvgIpc) is 2.38. The summed E-state index contributed by atoms with van der Waals surface area (Å²) in [6, 6.07) is 7.57. The standard InChI is InChI=1S/C15H22N2O/c1-15(9-5-2-6-10-15)17-11-12-7-3-4-8-13(12)14(16)18/h3-4,7-8,17H,2,5-6,9-11H2,1H3,(H2,16,18). The summed E-state index contributed by atoms with van der Waals surface area (Å²) >= 11 is 0. The zero-order valence-corrected chi connectivity index (χ0v) is 11.0. The van der Waals surface area contributed by atoms with Crippen molar-refractivity contribution in [3.8, 4) is 0 Å². The molecule has 2 rings (SSSR count). The third-order valence-corrected chi connectivity index (χ3v) is 3.95. The number of primary amides is 1. The molecule has 0 bridgehead atoms. The second-order valence-electron chi connectivity index (χ2n) is 5.50. The Kier molecular flexibility index (Phi) is 4.02. The lowest BCUT2D eigenvalue weighted by Gasteiger charge is -2.35. The molecule has 0 heterocycles. The van der Waals surface area contributed by atoms with Gasteiger partial charge in [-0.05, 0) is 31.4 Å². The predicted octanol–water partition coefficient (Wildman–Crippen LogP) is 2.60. The maximum absolute atomic E-state index is 11.3. The van der Waals surface area contributed by atoms with Crippen LogP contribution in [0.1, 0.15) is 54.9 Å². The minimum atomic E-state index is -0.346. The first-order valence-corrected chi connectivity index (χ1v) is 6.73. The summed E-state index contributed by atoms with van der Waals surface area (Å²) in [5.74, 6) is -0.346. The number of nitrogens with one attached hydrogen (secondary N) is 1. The molecule has 3 heteroatoms. The third kappa shape index (κ3) is 3.10. The van der Waals surface area contributed by atoms with Gasteiger partial charge in [0, 0.05) is 17.6 Å². The Balaban J connectivity index is 2.03. The van der Waals surface area contributed by atoms with Crippen LogP contribution in [0.5, 0.6) is 0 Å². The summed E-state index contributed by atoms with van der Waals surface area (Å²) in [5.41, 5.74) is 7.23. The molecule has 18 heavy (non-hydrogen) atoms. The average molecular weight is 246 g/mol. The van der Waals surface area contributed by atoms with Crippen LogP contribution in [0.3, 0.4) is 0 Å². The molecule has 98 valence electrons. The lowest BCUT2D eigenvalue weighted by Crippen LogP contribution is -2.43. The van der Waals surface area contributed by atoms with E-state index in [-0.39, 0.29) is 11.4 Å². The molecule has 3 nitrogen and oxygen atoms in total. The molecule has 0 atom stereocenters. The minimum Gasteiger partial charge on any atom is -0.366 e. The second-order valence-corrected chi connectivity index (χ2v) is 5.50. The van der Waals surface area contributed by atoms with Crippen LogP contribution >= 0.6 is 0 Å². The fourth-order valence-electron chi connectivity index (χ4n) is 2.73. The first kappa shape index (κ1) is 13.1. The predicted molar refractivity (Wildman–Crippen MR) is 73.3 cm³/mol. The van der Waals surface area contributed by atoms with E-state index >= 15 is 0 Å². The van der Waals surface area contributed by atoms with E-state index in [1.807, 2.05) is 18.2 Å². The van der Waals surface area contributed by atoms with Gasteiger partial charge in [0.25, 0.3) is 0 Å². The largest absolute Gasteiger partial charge is 0.366 e. The summed E-state index contributed by atoms with van der Waals surface area (Å²) in [6.07, 6.45) is 6.36. The highest BCUT2D eigenvalue weighted by molar-refractivity contribution is 5.94. The molecule has 0 saturated heterocycles. The number of amides is 1. The number of benzene rings is 1. The summed E-state index contributed by atoms with van der Waals surface area (Å²) in [5, 5.41) is 3.60. The molecule has 0 unspecified atom stereocenters. The van der Waals surface area contributed by atoms with Crippen molar-refractivity contribution < 1.29 is 4.79 Å². The van der Waals surface area contributed by atoms with Crippen LogP contribution in [0.25, 0.3) is 0 Å². The van der Waals surface area contributed by atoms with E-state index in [0.29, 0.717) is 5.56 Å². The molecular weight excluding hydrogens is 224 g/mol. The second kappa shape index (κ2) is 5.53. The van der Waals surface area contributed by atoms with Gasteiger partial charge in [-0.3, -0.25) is 4.79 Å². The van der Waals surface area contributed by atoms with Gasteiger partial charge in [-0.1, -0.05) is 37.5 Å². The van der Waals surface area contributed by atoms with E-state index < -0.39 is 0 Å². The molecule has 1 fully saturated rings. The Morgan fingerprint density at radius 2 is 1.94 bits per heavy atom. The third-order valence-electron chi connectivity index (χ3n) is 3.95. The molecule has 1 aromatic carbocycles. The van der Waals surface area contributed by atoms with Crippen molar-refractivity contribution in [2.75, 3.05) is 0 Å². The van der Waals surface area contributed by atoms with Crippen molar-refractivity contribution in [2.24, 2.45) is 5.73 Å². The van der Waals surface area contributed by atoms with Gasteiger partial charge >= 0.3 is 0 Å². The molecular formula is C15H22N2O. The number of rotatable bonds is 4. The fraction of sp³-hybridized carbons (Fsp3) is 0.533. The molecule has 1 saturated carbocycles. The van der Waals surface area contributed by atoms with Crippen molar-refractivity contribution in [3.63, 3.8) is 0 Å². The van der Waals surface area contributed by atoms with Gasteiger partial charge < -0.3 is 11.1 Å². The smallest absolute Gasteiger partial charge is 0.249 e. The van der Waals surface area contributed by atoms with Crippen LogP contribution in [0.15, 0.2) is 24.3 Å². The first-order chi connectivity index (χ1) is 8.61. The van der Waals surface area contributed by atoms with Crippen LogP contribution in [-0.4, -0.2) is 11.4 Å². The van der Waals surface area contributed by atoms with E-state index in [0.717, 1.165) is 12.1 Å². The Morgan fingerprint density at radius 1 is 1.28 bits per heavy atom. The SMILES string of the molecule is CC1(NCc2ccccc2C(N)=O)CCCCC1. The summed E-state index contributed by atoms with van der Waals surface area (Å²) in [4.78, 5) is 11.3. The van der Waals surface area contributed by atoms with Crippen molar-refractivity contribution in [3.05, 3.63) is 35.4 Å². The van der Waals surface area contributed by atoms with Gasteiger partial charge in [0.05, 0.1) is 0 Å². The highest BCUT2D eigenvalue weighted by Gasteiger charge is 2.26. The zero-order chi connectivity index (χ0) is 13.0. The molecule has 0 aliphatic heterocycles. The topological polar surface area (TPSA) is 55.1 Å². The zero-order valence-electron chi connectivity index (χ0n) is 11.0. The summed E-state index contributed by atoms with van der Waals surface area (Å²) < 4.78 is 0. The molecule has 1 aliphatic carbocycles. The Morgan fingerprint density at radius 3 is 2.61 bits per heavy atom. The number of hydrogen-bond donors (Lipinski definition) is 2. The molecule has 0 radical (unpaired) electrons. The highest BCUT2D eigenvalue weighted by Crippen LogP contribution is 2.28. The van der Waals surface area contributed by atoms with Crippen molar-refractivity contribution in [1.82, 2.24) is 5.32 Å². The normalized spacial score (nSPS) is 18.5.